The SMILES string of the molecule is CNC1C(O)CC(OC(C)C)(C(=O)O)OC1[C@H](O)[C@H](O)CO. The van der Waals surface area contributed by atoms with Crippen molar-refractivity contribution < 1.29 is 39.8 Å². The molecule has 0 saturated carbocycles. The number of likely N-dealkylation sites (N-methyl/N-ethyl adjacent to an activating group) is 1. The summed E-state index contributed by atoms with van der Waals surface area (Å²) >= 11 is 0. The van der Waals surface area contributed by atoms with Gasteiger partial charge < -0.3 is 40.3 Å². The molecule has 1 rings (SSSR count). The van der Waals surface area contributed by atoms with Gasteiger partial charge in [-0.05, 0) is 20.9 Å². The molecule has 0 spiro atoms. The molecule has 4 unspecified atom stereocenters. The van der Waals surface area contributed by atoms with Crippen LogP contribution < -0.4 is 5.32 Å². The highest BCUT2D eigenvalue weighted by Gasteiger charge is 2.55. The second kappa shape index (κ2) is 7.64. The van der Waals surface area contributed by atoms with Gasteiger partial charge in [-0.1, -0.05) is 0 Å². The minimum atomic E-state index is -2.14. The quantitative estimate of drug-likeness (QED) is 0.303. The summed E-state index contributed by atoms with van der Waals surface area (Å²) in [5, 5.41) is 51.0. The van der Waals surface area contributed by atoms with E-state index in [4.69, 9.17) is 14.6 Å². The second-order valence-electron chi connectivity index (χ2n) is 5.63. The predicted molar refractivity (Wildman–Crippen MR) is 74.0 cm³/mol. The molecular weight excluding hydrogens is 298 g/mol. The lowest BCUT2D eigenvalue weighted by Gasteiger charge is -2.46. The van der Waals surface area contributed by atoms with Crippen LogP contribution in [0.3, 0.4) is 0 Å². The van der Waals surface area contributed by atoms with Crippen molar-refractivity contribution in [1.29, 1.82) is 0 Å². The maximum absolute atomic E-state index is 11.6. The Labute approximate surface area is 128 Å². The van der Waals surface area contributed by atoms with Gasteiger partial charge in [0, 0.05) is 6.42 Å². The van der Waals surface area contributed by atoms with Crippen molar-refractivity contribution in [3.05, 3.63) is 0 Å². The zero-order valence-electron chi connectivity index (χ0n) is 12.8. The van der Waals surface area contributed by atoms with Crippen LogP contribution in [0, 0.1) is 0 Å². The van der Waals surface area contributed by atoms with Crippen molar-refractivity contribution in [2.75, 3.05) is 13.7 Å². The normalized spacial score (nSPS) is 35.4. The first-order chi connectivity index (χ1) is 10.2. The molecule has 1 aliphatic heterocycles. The van der Waals surface area contributed by atoms with E-state index in [0.29, 0.717) is 0 Å². The van der Waals surface area contributed by atoms with E-state index in [1.54, 1.807) is 13.8 Å². The molecule has 1 fully saturated rings. The molecule has 0 aromatic carbocycles. The summed E-state index contributed by atoms with van der Waals surface area (Å²) in [7, 11) is 1.50. The Morgan fingerprint density at radius 2 is 2.05 bits per heavy atom. The number of carboxylic acid groups (broad SMARTS) is 1. The molecule has 1 aliphatic rings. The number of aliphatic hydroxyl groups is 4. The molecule has 1 heterocycles. The Bertz CT molecular complexity index is 379. The van der Waals surface area contributed by atoms with Crippen molar-refractivity contribution >= 4 is 5.97 Å². The highest BCUT2D eigenvalue weighted by molar-refractivity contribution is 5.76. The highest BCUT2D eigenvalue weighted by atomic mass is 16.7. The average Bonchev–Trinajstić information content (AvgIpc) is 2.44. The molecule has 0 aromatic rings. The molecule has 22 heavy (non-hydrogen) atoms. The maximum Gasteiger partial charge on any atom is 0.364 e. The third kappa shape index (κ3) is 3.93. The molecule has 9 nitrogen and oxygen atoms in total. The van der Waals surface area contributed by atoms with E-state index in [2.05, 4.69) is 5.32 Å². The van der Waals surface area contributed by atoms with Gasteiger partial charge in [-0.15, -0.1) is 0 Å². The first kappa shape index (κ1) is 19.2. The molecule has 0 aromatic heterocycles. The summed E-state index contributed by atoms with van der Waals surface area (Å²) in [5.74, 6) is -3.58. The first-order valence-electron chi connectivity index (χ1n) is 7.09. The summed E-state index contributed by atoms with van der Waals surface area (Å²) in [6, 6.07) is -0.834. The zero-order chi connectivity index (χ0) is 17.1. The third-order valence-corrected chi connectivity index (χ3v) is 3.58. The lowest BCUT2D eigenvalue weighted by atomic mass is 9.88. The minimum Gasteiger partial charge on any atom is -0.477 e. The average molecular weight is 323 g/mol. The van der Waals surface area contributed by atoms with Crippen LogP contribution in [0.5, 0.6) is 0 Å². The van der Waals surface area contributed by atoms with Crippen LogP contribution >= 0.6 is 0 Å². The van der Waals surface area contributed by atoms with Gasteiger partial charge in [-0.3, -0.25) is 0 Å². The maximum atomic E-state index is 11.6. The van der Waals surface area contributed by atoms with Gasteiger partial charge in [-0.2, -0.15) is 0 Å². The van der Waals surface area contributed by atoms with Crippen LogP contribution in [0.4, 0.5) is 0 Å². The van der Waals surface area contributed by atoms with Gasteiger partial charge in [0.25, 0.3) is 5.79 Å². The second-order valence-corrected chi connectivity index (χ2v) is 5.63. The fourth-order valence-corrected chi connectivity index (χ4v) is 2.57. The van der Waals surface area contributed by atoms with E-state index in [1.807, 2.05) is 0 Å². The van der Waals surface area contributed by atoms with E-state index in [1.165, 1.54) is 7.05 Å². The number of hydrogen-bond acceptors (Lipinski definition) is 8. The topological polar surface area (TPSA) is 149 Å². The summed E-state index contributed by atoms with van der Waals surface area (Å²) < 4.78 is 10.8. The number of carbonyl (C=O) groups is 1. The molecule has 0 radical (unpaired) electrons. The van der Waals surface area contributed by atoms with Crippen LogP contribution in [-0.4, -0.2) is 87.5 Å². The molecular formula is C13H25NO8. The Kier molecular flexibility index (Phi) is 6.68. The predicted octanol–water partition coefficient (Wildman–Crippen LogP) is -2.36. The Hall–Kier alpha value is -0.810. The molecule has 0 amide bonds. The third-order valence-electron chi connectivity index (χ3n) is 3.58. The van der Waals surface area contributed by atoms with Gasteiger partial charge in [-0.25, -0.2) is 4.79 Å². The molecule has 6 N–H and O–H groups in total. The number of ether oxygens (including phenoxy) is 2. The zero-order valence-corrected chi connectivity index (χ0v) is 12.8. The largest absolute Gasteiger partial charge is 0.477 e. The smallest absolute Gasteiger partial charge is 0.364 e. The summed E-state index contributed by atoms with van der Waals surface area (Å²) in [5.41, 5.74) is 0. The van der Waals surface area contributed by atoms with Gasteiger partial charge in [0.15, 0.2) is 0 Å². The number of aliphatic hydroxyl groups excluding tert-OH is 4. The molecule has 0 aliphatic carbocycles. The number of rotatable bonds is 7. The molecule has 130 valence electrons. The molecule has 0 bridgehead atoms. The standard InChI is InChI=1S/C13H25NO8/c1-6(2)21-13(12(19)20)4-7(16)9(14-3)11(22-13)10(18)8(17)5-15/h6-11,14-18H,4-5H2,1-3H3,(H,19,20)/t7?,8-,9?,10-,11?,13?/m1/s1. The van der Waals surface area contributed by atoms with Gasteiger partial charge in [0.2, 0.25) is 0 Å². The van der Waals surface area contributed by atoms with E-state index >= 15 is 0 Å². The van der Waals surface area contributed by atoms with Crippen LogP contribution in [-0.2, 0) is 14.3 Å². The van der Waals surface area contributed by atoms with Gasteiger partial charge in [0.1, 0.15) is 18.3 Å². The lowest BCUT2D eigenvalue weighted by Crippen LogP contribution is -2.67. The molecule has 9 heteroatoms. The van der Waals surface area contributed by atoms with Crippen molar-refractivity contribution in [2.45, 2.75) is 62.6 Å². The summed E-state index contributed by atoms with van der Waals surface area (Å²) in [6.45, 7) is 2.48. The van der Waals surface area contributed by atoms with Crippen LogP contribution in [0.25, 0.3) is 0 Å². The van der Waals surface area contributed by atoms with E-state index in [-0.39, 0.29) is 6.42 Å². The number of carboxylic acids is 1. The number of nitrogens with one attached hydrogen (secondary N) is 1. The van der Waals surface area contributed by atoms with Crippen molar-refractivity contribution in [3.8, 4) is 0 Å². The molecule has 6 atom stereocenters. The fourth-order valence-electron chi connectivity index (χ4n) is 2.57. The van der Waals surface area contributed by atoms with Crippen LogP contribution in [0.15, 0.2) is 0 Å². The first-order valence-corrected chi connectivity index (χ1v) is 7.09. The monoisotopic (exact) mass is 323 g/mol. The highest BCUT2D eigenvalue weighted by Crippen LogP contribution is 2.34. The lowest BCUT2D eigenvalue weighted by molar-refractivity contribution is -0.319. The van der Waals surface area contributed by atoms with E-state index in [9.17, 15) is 25.2 Å². The minimum absolute atomic E-state index is 0.343. The van der Waals surface area contributed by atoms with Crippen molar-refractivity contribution in [2.24, 2.45) is 0 Å². The Morgan fingerprint density at radius 3 is 2.45 bits per heavy atom. The summed E-state index contributed by atoms with van der Waals surface area (Å²) in [4.78, 5) is 11.6. The van der Waals surface area contributed by atoms with Crippen LogP contribution in [0.1, 0.15) is 20.3 Å². The Balaban J connectivity index is 3.13. The molecule has 1 saturated heterocycles. The van der Waals surface area contributed by atoms with Crippen molar-refractivity contribution in [3.63, 3.8) is 0 Å². The van der Waals surface area contributed by atoms with E-state index < -0.39 is 54.9 Å². The van der Waals surface area contributed by atoms with Crippen molar-refractivity contribution in [1.82, 2.24) is 5.32 Å². The van der Waals surface area contributed by atoms with Gasteiger partial charge >= 0.3 is 5.97 Å². The number of hydrogen-bond donors (Lipinski definition) is 6. The van der Waals surface area contributed by atoms with E-state index in [0.717, 1.165) is 0 Å². The van der Waals surface area contributed by atoms with Gasteiger partial charge in [0.05, 0.1) is 24.9 Å². The summed E-state index contributed by atoms with van der Waals surface area (Å²) in [6.07, 6.45) is -6.48. The van der Waals surface area contributed by atoms with Crippen LogP contribution in [0.2, 0.25) is 0 Å². The Morgan fingerprint density at radius 1 is 1.45 bits per heavy atom. The fraction of sp³-hybridized carbons (Fsp3) is 0.923. The number of aliphatic carboxylic acids is 1.